The largest absolute Gasteiger partial charge is 0.352 e. The number of nitrogens with one attached hydrogen (secondary N) is 2. The highest BCUT2D eigenvalue weighted by Gasteiger charge is 2.18. The molecule has 4 nitrogen and oxygen atoms in total. The molecule has 0 saturated carbocycles. The highest BCUT2D eigenvalue weighted by Crippen LogP contribution is 2.16. The summed E-state index contributed by atoms with van der Waals surface area (Å²) in [4.78, 5) is 14.2. The van der Waals surface area contributed by atoms with Crippen LogP contribution in [0.1, 0.15) is 39.5 Å². The van der Waals surface area contributed by atoms with E-state index < -0.39 is 0 Å². The SMILES string of the molecule is CC(C)C(CN(C)C)NC(=O)CCC1CCCNC1. The Bertz CT molecular complexity index is 260. The number of carbonyl (C=O) groups excluding carboxylic acids is 1. The zero-order chi connectivity index (χ0) is 14.3. The van der Waals surface area contributed by atoms with Crippen molar-refractivity contribution in [3.05, 3.63) is 0 Å². The molecule has 1 saturated heterocycles. The number of hydrogen-bond donors (Lipinski definition) is 2. The van der Waals surface area contributed by atoms with Gasteiger partial charge >= 0.3 is 0 Å². The number of carbonyl (C=O) groups is 1. The average molecular weight is 269 g/mol. The van der Waals surface area contributed by atoms with Gasteiger partial charge in [-0.2, -0.15) is 0 Å². The quantitative estimate of drug-likeness (QED) is 0.735. The fourth-order valence-electron chi connectivity index (χ4n) is 2.60. The molecule has 1 rings (SSSR count). The van der Waals surface area contributed by atoms with Crippen molar-refractivity contribution in [2.75, 3.05) is 33.7 Å². The van der Waals surface area contributed by atoms with Gasteiger partial charge in [-0.1, -0.05) is 13.8 Å². The van der Waals surface area contributed by atoms with Crippen molar-refractivity contribution >= 4 is 5.91 Å². The maximum Gasteiger partial charge on any atom is 0.220 e. The first kappa shape index (κ1) is 16.4. The van der Waals surface area contributed by atoms with E-state index in [9.17, 15) is 4.79 Å². The van der Waals surface area contributed by atoms with Crippen molar-refractivity contribution in [3.8, 4) is 0 Å². The van der Waals surface area contributed by atoms with Crippen molar-refractivity contribution in [1.82, 2.24) is 15.5 Å². The first-order valence-electron chi connectivity index (χ1n) is 7.64. The van der Waals surface area contributed by atoms with E-state index in [0.717, 1.165) is 26.1 Å². The van der Waals surface area contributed by atoms with Crippen LogP contribution < -0.4 is 10.6 Å². The van der Waals surface area contributed by atoms with E-state index in [1.54, 1.807) is 0 Å². The zero-order valence-corrected chi connectivity index (χ0v) is 13.0. The fourth-order valence-corrected chi connectivity index (χ4v) is 2.60. The Kier molecular flexibility index (Phi) is 7.39. The molecule has 2 atom stereocenters. The fraction of sp³-hybridized carbons (Fsp3) is 0.933. The van der Waals surface area contributed by atoms with Crippen molar-refractivity contribution in [3.63, 3.8) is 0 Å². The molecular formula is C15H31N3O. The normalized spacial score (nSPS) is 21.7. The highest BCUT2D eigenvalue weighted by atomic mass is 16.1. The van der Waals surface area contributed by atoms with Gasteiger partial charge in [0.05, 0.1) is 0 Å². The molecule has 2 N–H and O–H groups in total. The van der Waals surface area contributed by atoms with Crippen molar-refractivity contribution in [2.24, 2.45) is 11.8 Å². The third-order valence-corrected chi connectivity index (χ3v) is 3.89. The van der Waals surface area contributed by atoms with Crippen LogP contribution in [0.2, 0.25) is 0 Å². The van der Waals surface area contributed by atoms with E-state index in [4.69, 9.17) is 0 Å². The molecule has 0 radical (unpaired) electrons. The van der Waals surface area contributed by atoms with Crippen LogP contribution in [0.25, 0.3) is 0 Å². The Morgan fingerprint density at radius 1 is 1.42 bits per heavy atom. The lowest BCUT2D eigenvalue weighted by molar-refractivity contribution is -0.122. The lowest BCUT2D eigenvalue weighted by Crippen LogP contribution is -2.45. The van der Waals surface area contributed by atoms with Crippen LogP contribution in [0.5, 0.6) is 0 Å². The van der Waals surface area contributed by atoms with E-state index in [-0.39, 0.29) is 11.9 Å². The molecular weight excluding hydrogens is 238 g/mol. The first-order valence-corrected chi connectivity index (χ1v) is 7.64. The molecule has 0 spiro atoms. The summed E-state index contributed by atoms with van der Waals surface area (Å²) in [5, 5.41) is 6.59. The van der Waals surface area contributed by atoms with Gasteiger partial charge in [-0.15, -0.1) is 0 Å². The summed E-state index contributed by atoms with van der Waals surface area (Å²) in [5.74, 6) is 1.37. The topological polar surface area (TPSA) is 44.4 Å². The van der Waals surface area contributed by atoms with Gasteiger partial charge in [0, 0.05) is 19.0 Å². The van der Waals surface area contributed by atoms with E-state index in [0.29, 0.717) is 18.3 Å². The summed E-state index contributed by atoms with van der Waals surface area (Å²) in [7, 11) is 4.10. The Hall–Kier alpha value is -0.610. The second-order valence-electron chi connectivity index (χ2n) is 6.43. The molecule has 0 aliphatic carbocycles. The van der Waals surface area contributed by atoms with Crippen LogP contribution >= 0.6 is 0 Å². The van der Waals surface area contributed by atoms with Gasteiger partial charge in [-0.25, -0.2) is 0 Å². The minimum absolute atomic E-state index is 0.214. The molecule has 4 heteroatoms. The average Bonchev–Trinajstić information content (AvgIpc) is 2.36. The summed E-state index contributed by atoms with van der Waals surface area (Å²) >= 11 is 0. The van der Waals surface area contributed by atoms with Gasteiger partial charge in [0.25, 0.3) is 0 Å². The van der Waals surface area contributed by atoms with Crippen LogP contribution in [0.3, 0.4) is 0 Å². The van der Waals surface area contributed by atoms with Gasteiger partial charge in [0.2, 0.25) is 5.91 Å². The number of piperidine rings is 1. The Balaban J connectivity index is 2.27. The van der Waals surface area contributed by atoms with E-state index in [2.05, 4.69) is 43.5 Å². The van der Waals surface area contributed by atoms with Gasteiger partial charge in [0.1, 0.15) is 0 Å². The summed E-state index contributed by atoms with van der Waals surface area (Å²) in [6.45, 7) is 7.47. The van der Waals surface area contributed by atoms with Crippen molar-refractivity contribution in [2.45, 2.75) is 45.6 Å². The second-order valence-corrected chi connectivity index (χ2v) is 6.43. The number of nitrogens with zero attached hydrogens (tertiary/aromatic N) is 1. The van der Waals surface area contributed by atoms with Crippen LogP contribution in [0, 0.1) is 11.8 Å². The van der Waals surface area contributed by atoms with Crippen molar-refractivity contribution < 1.29 is 4.79 Å². The molecule has 19 heavy (non-hydrogen) atoms. The third kappa shape index (κ3) is 6.92. The van der Waals surface area contributed by atoms with Crippen LogP contribution in [-0.4, -0.2) is 50.6 Å². The molecule has 1 amide bonds. The monoisotopic (exact) mass is 269 g/mol. The third-order valence-electron chi connectivity index (χ3n) is 3.89. The number of likely N-dealkylation sites (N-methyl/N-ethyl adjacent to an activating group) is 1. The van der Waals surface area contributed by atoms with Gasteiger partial charge in [0.15, 0.2) is 0 Å². The van der Waals surface area contributed by atoms with E-state index >= 15 is 0 Å². The number of amides is 1. The molecule has 0 bridgehead atoms. The molecule has 0 aromatic rings. The van der Waals surface area contributed by atoms with Crippen molar-refractivity contribution in [1.29, 1.82) is 0 Å². The molecule has 2 unspecified atom stereocenters. The van der Waals surface area contributed by atoms with Crippen LogP contribution in [0.15, 0.2) is 0 Å². The molecule has 112 valence electrons. The van der Waals surface area contributed by atoms with Crippen LogP contribution in [0.4, 0.5) is 0 Å². The molecule has 1 aliphatic rings. The van der Waals surface area contributed by atoms with Gasteiger partial charge < -0.3 is 15.5 Å². The summed E-state index contributed by atoms with van der Waals surface area (Å²) in [6.07, 6.45) is 4.21. The molecule has 0 aromatic carbocycles. The standard InChI is InChI=1S/C15H31N3O/c1-12(2)14(11-18(3)4)17-15(19)8-7-13-6-5-9-16-10-13/h12-14,16H,5-11H2,1-4H3,(H,17,19). The van der Waals surface area contributed by atoms with Gasteiger partial charge in [-0.05, 0) is 58.3 Å². The second kappa shape index (κ2) is 8.54. The van der Waals surface area contributed by atoms with E-state index in [1.165, 1.54) is 12.8 Å². The minimum atomic E-state index is 0.214. The smallest absolute Gasteiger partial charge is 0.220 e. The summed E-state index contributed by atoms with van der Waals surface area (Å²) in [6, 6.07) is 0.256. The molecule has 1 aliphatic heterocycles. The summed E-state index contributed by atoms with van der Waals surface area (Å²) in [5.41, 5.74) is 0. The Morgan fingerprint density at radius 3 is 2.68 bits per heavy atom. The predicted octanol–water partition coefficient (Wildman–Crippen LogP) is 1.47. The van der Waals surface area contributed by atoms with Crippen LogP contribution in [-0.2, 0) is 4.79 Å². The minimum Gasteiger partial charge on any atom is -0.352 e. The maximum absolute atomic E-state index is 12.0. The summed E-state index contributed by atoms with van der Waals surface area (Å²) < 4.78 is 0. The van der Waals surface area contributed by atoms with E-state index in [1.807, 2.05) is 0 Å². The Labute approximate surface area is 118 Å². The number of rotatable bonds is 7. The lowest BCUT2D eigenvalue weighted by Gasteiger charge is -2.26. The molecule has 1 heterocycles. The Morgan fingerprint density at radius 2 is 2.16 bits per heavy atom. The highest BCUT2D eigenvalue weighted by molar-refractivity contribution is 5.76. The maximum atomic E-state index is 12.0. The lowest BCUT2D eigenvalue weighted by atomic mass is 9.94. The first-order chi connectivity index (χ1) is 8.99. The molecule has 1 fully saturated rings. The van der Waals surface area contributed by atoms with Gasteiger partial charge in [-0.3, -0.25) is 4.79 Å². The number of hydrogen-bond acceptors (Lipinski definition) is 3. The molecule has 0 aromatic heterocycles. The predicted molar refractivity (Wildman–Crippen MR) is 80.2 cm³/mol. The zero-order valence-electron chi connectivity index (χ0n) is 13.0.